The fraction of sp³-hybridized carbons (Fsp3) is 0.143. The van der Waals surface area contributed by atoms with Gasteiger partial charge in [-0.3, -0.25) is 10.1 Å². The van der Waals surface area contributed by atoms with E-state index in [0.29, 0.717) is 5.75 Å². The van der Waals surface area contributed by atoms with Gasteiger partial charge >= 0.3 is 0 Å². The molecular formula is C14H11BrFNO4. The Kier molecular flexibility index (Phi) is 4.74. The van der Waals surface area contributed by atoms with E-state index in [4.69, 9.17) is 9.47 Å². The summed E-state index contributed by atoms with van der Waals surface area (Å²) in [5.41, 5.74) is 0.407. The molecule has 0 aliphatic heterocycles. The first kappa shape index (κ1) is 15.2. The molecule has 0 radical (unpaired) electrons. The van der Waals surface area contributed by atoms with Crippen LogP contribution in [0.25, 0.3) is 0 Å². The Morgan fingerprint density at radius 1 is 1.24 bits per heavy atom. The summed E-state index contributed by atoms with van der Waals surface area (Å²) in [6, 6.07) is 8.62. The Bertz CT molecular complexity index is 678. The normalized spacial score (nSPS) is 10.2. The first-order chi connectivity index (χ1) is 10.0. The predicted octanol–water partition coefficient (Wildman–Crippen LogP) is 4.08. The Labute approximate surface area is 128 Å². The summed E-state index contributed by atoms with van der Waals surface area (Å²) in [4.78, 5) is 9.88. The summed E-state index contributed by atoms with van der Waals surface area (Å²) in [6.45, 7) is 0.0807. The summed E-state index contributed by atoms with van der Waals surface area (Å²) >= 11 is 3.33. The molecule has 0 heterocycles. The number of halogens is 2. The minimum absolute atomic E-state index is 0.0531. The molecule has 7 heteroatoms. The average Bonchev–Trinajstić information content (AvgIpc) is 2.46. The maximum atomic E-state index is 13.7. The highest BCUT2D eigenvalue weighted by Crippen LogP contribution is 2.27. The largest absolute Gasteiger partial charge is 0.496 e. The average molecular weight is 356 g/mol. The second-order valence-electron chi connectivity index (χ2n) is 4.12. The molecule has 2 rings (SSSR count). The third kappa shape index (κ3) is 3.69. The van der Waals surface area contributed by atoms with E-state index < -0.39 is 10.7 Å². The minimum Gasteiger partial charge on any atom is -0.496 e. The predicted molar refractivity (Wildman–Crippen MR) is 78.1 cm³/mol. The lowest BCUT2D eigenvalue weighted by molar-refractivity contribution is -0.385. The van der Waals surface area contributed by atoms with Crippen LogP contribution in [-0.2, 0) is 6.61 Å². The highest BCUT2D eigenvalue weighted by atomic mass is 79.9. The van der Waals surface area contributed by atoms with Gasteiger partial charge in [0.15, 0.2) is 11.6 Å². The summed E-state index contributed by atoms with van der Waals surface area (Å²) in [7, 11) is 1.53. The van der Waals surface area contributed by atoms with Crippen LogP contribution in [0.5, 0.6) is 11.5 Å². The zero-order valence-electron chi connectivity index (χ0n) is 11.0. The Hall–Kier alpha value is -2.15. The van der Waals surface area contributed by atoms with Crippen LogP contribution in [0.3, 0.4) is 0 Å². The number of nitrogens with zero attached hydrogens (tertiary/aromatic N) is 1. The molecule has 5 nitrogen and oxygen atoms in total. The monoisotopic (exact) mass is 355 g/mol. The Morgan fingerprint density at radius 3 is 2.57 bits per heavy atom. The van der Waals surface area contributed by atoms with Gasteiger partial charge in [-0.25, -0.2) is 4.39 Å². The third-order valence-corrected chi connectivity index (χ3v) is 3.25. The number of methoxy groups -OCH3 is 1. The number of ether oxygens (including phenoxy) is 2. The minimum atomic E-state index is -0.779. The SMILES string of the molecule is COc1ccc(Br)cc1COc1ccc([N+](=O)[O-])cc1F. The van der Waals surface area contributed by atoms with Gasteiger partial charge in [-0.15, -0.1) is 0 Å². The van der Waals surface area contributed by atoms with Gasteiger partial charge in [0, 0.05) is 16.1 Å². The molecule has 0 N–H and O–H groups in total. The number of hydrogen-bond donors (Lipinski definition) is 0. The molecular weight excluding hydrogens is 345 g/mol. The van der Waals surface area contributed by atoms with Crippen LogP contribution >= 0.6 is 15.9 Å². The molecule has 0 amide bonds. The summed E-state index contributed by atoms with van der Waals surface area (Å²) in [6.07, 6.45) is 0. The Balaban J connectivity index is 2.17. The number of benzene rings is 2. The van der Waals surface area contributed by atoms with E-state index >= 15 is 0 Å². The smallest absolute Gasteiger partial charge is 0.272 e. The van der Waals surface area contributed by atoms with Crippen molar-refractivity contribution in [3.8, 4) is 11.5 Å². The van der Waals surface area contributed by atoms with Crippen LogP contribution in [-0.4, -0.2) is 12.0 Å². The van der Waals surface area contributed by atoms with Crippen LogP contribution in [0.1, 0.15) is 5.56 Å². The van der Waals surface area contributed by atoms with Gasteiger partial charge in [-0.1, -0.05) is 15.9 Å². The lowest BCUT2D eigenvalue weighted by atomic mass is 10.2. The standard InChI is InChI=1S/C14H11BrFNO4/c1-20-13-4-2-10(15)6-9(13)8-21-14-5-3-11(17(18)19)7-12(14)16/h2-7H,8H2,1H3. The van der Waals surface area contributed by atoms with Gasteiger partial charge in [0.1, 0.15) is 12.4 Å². The maximum Gasteiger partial charge on any atom is 0.272 e. The molecule has 0 aliphatic rings. The number of rotatable bonds is 5. The molecule has 0 bridgehead atoms. The molecule has 0 saturated carbocycles. The van der Waals surface area contributed by atoms with Crippen LogP contribution in [0.15, 0.2) is 40.9 Å². The number of hydrogen-bond acceptors (Lipinski definition) is 4. The number of nitro benzene ring substituents is 1. The van der Waals surface area contributed by atoms with Crippen molar-refractivity contribution in [1.82, 2.24) is 0 Å². The quantitative estimate of drug-likeness (QED) is 0.598. The highest BCUT2D eigenvalue weighted by Gasteiger charge is 2.12. The van der Waals surface area contributed by atoms with Crippen molar-refractivity contribution in [2.75, 3.05) is 7.11 Å². The van der Waals surface area contributed by atoms with Crippen molar-refractivity contribution in [2.45, 2.75) is 6.61 Å². The molecule has 0 atom stereocenters. The summed E-state index contributed by atoms with van der Waals surface area (Å²) in [5, 5.41) is 10.5. The summed E-state index contributed by atoms with van der Waals surface area (Å²) < 4.78 is 25.1. The van der Waals surface area contributed by atoms with E-state index in [0.717, 1.165) is 16.1 Å². The molecule has 0 aromatic heterocycles. The number of non-ortho nitro benzene ring substituents is 1. The molecule has 0 fully saturated rings. The molecule has 21 heavy (non-hydrogen) atoms. The second-order valence-corrected chi connectivity index (χ2v) is 5.03. The topological polar surface area (TPSA) is 61.6 Å². The van der Waals surface area contributed by atoms with E-state index in [1.54, 1.807) is 12.1 Å². The van der Waals surface area contributed by atoms with Crippen molar-refractivity contribution >= 4 is 21.6 Å². The van der Waals surface area contributed by atoms with E-state index in [1.165, 1.54) is 19.2 Å². The van der Waals surface area contributed by atoms with Gasteiger partial charge in [0.25, 0.3) is 5.69 Å². The number of nitro groups is 1. The second kappa shape index (κ2) is 6.53. The van der Waals surface area contributed by atoms with E-state index in [9.17, 15) is 14.5 Å². The van der Waals surface area contributed by atoms with E-state index in [-0.39, 0.29) is 18.0 Å². The lowest BCUT2D eigenvalue weighted by Gasteiger charge is -2.11. The van der Waals surface area contributed by atoms with Crippen molar-refractivity contribution in [3.05, 3.63) is 62.4 Å². The van der Waals surface area contributed by atoms with Gasteiger partial charge in [-0.2, -0.15) is 0 Å². The summed E-state index contributed by atoms with van der Waals surface area (Å²) in [5.74, 6) is -0.221. The van der Waals surface area contributed by atoms with Gasteiger partial charge in [0.2, 0.25) is 0 Å². The van der Waals surface area contributed by atoms with Crippen molar-refractivity contribution in [2.24, 2.45) is 0 Å². The first-order valence-corrected chi connectivity index (χ1v) is 6.69. The molecule has 2 aromatic rings. The van der Waals surface area contributed by atoms with Crippen molar-refractivity contribution < 1.29 is 18.8 Å². The molecule has 0 aliphatic carbocycles. The first-order valence-electron chi connectivity index (χ1n) is 5.90. The van der Waals surface area contributed by atoms with Gasteiger partial charge < -0.3 is 9.47 Å². The molecule has 0 spiro atoms. The van der Waals surface area contributed by atoms with Crippen LogP contribution in [0, 0.1) is 15.9 Å². The van der Waals surface area contributed by atoms with Crippen LogP contribution < -0.4 is 9.47 Å². The van der Waals surface area contributed by atoms with Gasteiger partial charge in [-0.05, 0) is 24.3 Å². The van der Waals surface area contributed by atoms with E-state index in [1.807, 2.05) is 6.07 Å². The molecule has 0 unspecified atom stereocenters. The van der Waals surface area contributed by atoms with Crippen molar-refractivity contribution in [3.63, 3.8) is 0 Å². The van der Waals surface area contributed by atoms with Crippen molar-refractivity contribution in [1.29, 1.82) is 0 Å². The van der Waals surface area contributed by atoms with Crippen LogP contribution in [0.2, 0.25) is 0 Å². The molecule has 110 valence electrons. The van der Waals surface area contributed by atoms with Crippen LogP contribution in [0.4, 0.5) is 10.1 Å². The van der Waals surface area contributed by atoms with E-state index in [2.05, 4.69) is 15.9 Å². The molecule has 2 aromatic carbocycles. The Morgan fingerprint density at radius 2 is 1.95 bits per heavy atom. The maximum absolute atomic E-state index is 13.7. The zero-order valence-corrected chi connectivity index (χ0v) is 12.6. The fourth-order valence-corrected chi connectivity index (χ4v) is 2.14. The zero-order chi connectivity index (χ0) is 15.4. The lowest BCUT2D eigenvalue weighted by Crippen LogP contribution is -2.00. The molecule has 0 saturated heterocycles. The highest BCUT2D eigenvalue weighted by molar-refractivity contribution is 9.10. The van der Waals surface area contributed by atoms with Gasteiger partial charge in [0.05, 0.1) is 18.1 Å². The third-order valence-electron chi connectivity index (χ3n) is 2.75. The fourth-order valence-electron chi connectivity index (χ4n) is 1.74.